The van der Waals surface area contributed by atoms with Crippen LogP contribution in [-0.2, 0) is 23.7 Å². The van der Waals surface area contributed by atoms with E-state index in [-0.39, 0.29) is 48.2 Å². The SMILES string of the molecule is C#CCOCCOCCOCCOC[C@@H](NC(=O)CSC1NC(=O)NCC1C)c1ccc(OC)cc1. The van der Waals surface area contributed by atoms with Gasteiger partial charge in [0.2, 0.25) is 5.91 Å². The van der Waals surface area contributed by atoms with Gasteiger partial charge in [-0.2, -0.15) is 0 Å². The van der Waals surface area contributed by atoms with Crippen LogP contribution < -0.4 is 20.7 Å². The summed E-state index contributed by atoms with van der Waals surface area (Å²) in [5, 5.41) is 8.53. The van der Waals surface area contributed by atoms with E-state index in [1.807, 2.05) is 31.2 Å². The van der Waals surface area contributed by atoms with E-state index >= 15 is 0 Å². The minimum Gasteiger partial charge on any atom is -0.497 e. The number of hydrogen-bond acceptors (Lipinski definition) is 8. The zero-order chi connectivity index (χ0) is 26.0. The van der Waals surface area contributed by atoms with Crippen LogP contribution in [0.2, 0.25) is 0 Å². The lowest BCUT2D eigenvalue weighted by atomic mass is 10.1. The van der Waals surface area contributed by atoms with E-state index in [0.29, 0.717) is 46.2 Å². The molecule has 10 nitrogen and oxygen atoms in total. The molecule has 200 valence electrons. The van der Waals surface area contributed by atoms with Crippen molar-refractivity contribution < 1.29 is 33.3 Å². The Kier molecular flexibility index (Phi) is 14.8. The number of urea groups is 1. The Hall–Kier alpha value is -2.49. The molecule has 0 spiro atoms. The number of hydrogen-bond donors (Lipinski definition) is 3. The lowest BCUT2D eigenvalue weighted by Gasteiger charge is -2.30. The number of amides is 3. The van der Waals surface area contributed by atoms with Crippen molar-refractivity contribution in [2.45, 2.75) is 18.3 Å². The average molecular weight is 524 g/mol. The van der Waals surface area contributed by atoms with Crippen molar-refractivity contribution in [3.63, 3.8) is 0 Å². The van der Waals surface area contributed by atoms with E-state index < -0.39 is 0 Å². The number of benzene rings is 1. The van der Waals surface area contributed by atoms with Gasteiger partial charge in [0.25, 0.3) is 0 Å². The van der Waals surface area contributed by atoms with Gasteiger partial charge in [-0.1, -0.05) is 25.0 Å². The Labute approximate surface area is 217 Å². The third kappa shape index (κ3) is 12.0. The van der Waals surface area contributed by atoms with Gasteiger partial charge >= 0.3 is 6.03 Å². The number of methoxy groups -OCH3 is 1. The van der Waals surface area contributed by atoms with Crippen molar-refractivity contribution in [2.75, 3.05) is 72.3 Å². The Balaban J connectivity index is 1.72. The summed E-state index contributed by atoms with van der Waals surface area (Å²) in [4.78, 5) is 24.3. The Morgan fingerprint density at radius 2 is 1.75 bits per heavy atom. The van der Waals surface area contributed by atoms with Crippen LogP contribution >= 0.6 is 11.8 Å². The summed E-state index contributed by atoms with van der Waals surface area (Å²) in [6.45, 7) is 5.78. The monoisotopic (exact) mass is 523 g/mol. The van der Waals surface area contributed by atoms with Gasteiger partial charge < -0.3 is 39.6 Å². The molecule has 0 aromatic heterocycles. The van der Waals surface area contributed by atoms with Gasteiger partial charge in [0.15, 0.2) is 0 Å². The third-order valence-electron chi connectivity index (χ3n) is 5.21. The van der Waals surface area contributed by atoms with Crippen LogP contribution in [0.15, 0.2) is 24.3 Å². The highest BCUT2D eigenvalue weighted by Crippen LogP contribution is 2.21. The molecule has 1 aromatic rings. The maximum absolute atomic E-state index is 12.7. The molecule has 1 fully saturated rings. The Morgan fingerprint density at radius 1 is 1.11 bits per heavy atom. The highest BCUT2D eigenvalue weighted by atomic mass is 32.2. The lowest BCUT2D eigenvalue weighted by molar-refractivity contribution is -0.119. The Morgan fingerprint density at radius 3 is 2.39 bits per heavy atom. The highest BCUT2D eigenvalue weighted by molar-refractivity contribution is 8.00. The molecule has 0 radical (unpaired) electrons. The molecular formula is C25H37N3O7S. The summed E-state index contributed by atoms with van der Waals surface area (Å²) in [5.74, 6) is 3.43. The van der Waals surface area contributed by atoms with Gasteiger partial charge in [-0.15, -0.1) is 18.2 Å². The van der Waals surface area contributed by atoms with Crippen LogP contribution in [0.1, 0.15) is 18.5 Å². The molecule has 36 heavy (non-hydrogen) atoms. The Bertz CT molecular complexity index is 819. The van der Waals surface area contributed by atoms with Gasteiger partial charge in [-0.25, -0.2) is 4.79 Å². The summed E-state index contributed by atoms with van der Waals surface area (Å²) in [7, 11) is 1.60. The summed E-state index contributed by atoms with van der Waals surface area (Å²) >= 11 is 1.41. The molecule has 11 heteroatoms. The number of nitrogens with one attached hydrogen (secondary N) is 3. The first-order chi connectivity index (χ1) is 17.5. The molecule has 3 amide bonds. The molecule has 0 saturated carbocycles. The van der Waals surface area contributed by atoms with Crippen LogP contribution in [0.3, 0.4) is 0 Å². The topological polar surface area (TPSA) is 116 Å². The fourth-order valence-electron chi connectivity index (χ4n) is 3.24. The predicted molar refractivity (Wildman–Crippen MR) is 138 cm³/mol. The molecule has 0 bridgehead atoms. The van der Waals surface area contributed by atoms with Crippen molar-refractivity contribution in [1.82, 2.24) is 16.0 Å². The van der Waals surface area contributed by atoms with Gasteiger partial charge in [0, 0.05) is 12.5 Å². The molecule has 1 aliphatic heterocycles. The van der Waals surface area contributed by atoms with Crippen molar-refractivity contribution in [1.29, 1.82) is 0 Å². The summed E-state index contributed by atoms with van der Waals surface area (Å²) < 4.78 is 27.0. The van der Waals surface area contributed by atoms with Crippen LogP contribution in [0.25, 0.3) is 0 Å². The molecule has 3 atom stereocenters. The molecule has 1 aliphatic rings. The summed E-state index contributed by atoms with van der Waals surface area (Å²) in [6.07, 6.45) is 5.10. The van der Waals surface area contributed by atoms with Gasteiger partial charge in [0.1, 0.15) is 12.4 Å². The molecule has 2 rings (SSSR count). The quantitative estimate of drug-likeness (QED) is 0.196. The van der Waals surface area contributed by atoms with Crippen molar-refractivity contribution in [3.8, 4) is 18.1 Å². The van der Waals surface area contributed by atoms with Crippen LogP contribution in [0, 0.1) is 18.3 Å². The average Bonchev–Trinajstić information content (AvgIpc) is 2.89. The molecule has 1 aromatic carbocycles. The fourth-order valence-corrected chi connectivity index (χ4v) is 4.27. The number of carbonyl (C=O) groups excluding carboxylic acids is 2. The van der Waals surface area contributed by atoms with E-state index in [4.69, 9.17) is 30.1 Å². The first kappa shape index (κ1) is 29.7. The first-order valence-corrected chi connectivity index (χ1v) is 12.9. The van der Waals surface area contributed by atoms with Crippen LogP contribution in [0.5, 0.6) is 5.75 Å². The number of ether oxygens (including phenoxy) is 5. The normalized spacial score (nSPS) is 18.0. The molecule has 0 aliphatic carbocycles. The van der Waals surface area contributed by atoms with E-state index in [9.17, 15) is 9.59 Å². The number of rotatable bonds is 18. The third-order valence-corrected chi connectivity index (χ3v) is 6.58. The molecule has 1 heterocycles. The number of thioether (sulfide) groups is 1. The second-order valence-corrected chi connectivity index (χ2v) is 9.14. The van der Waals surface area contributed by atoms with Crippen molar-refractivity contribution in [2.24, 2.45) is 5.92 Å². The largest absolute Gasteiger partial charge is 0.497 e. The van der Waals surface area contributed by atoms with Crippen molar-refractivity contribution in [3.05, 3.63) is 29.8 Å². The van der Waals surface area contributed by atoms with Gasteiger partial charge in [0.05, 0.1) is 70.5 Å². The second-order valence-electron chi connectivity index (χ2n) is 8.01. The lowest BCUT2D eigenvalue weighted by Crippen LogP contribution is -2.53. The number of terminal acetylenes is 1. The van der Waals surface area contributed by atoms with Crippen LogP contribution in [-0.4, -0.2) is 89.6 Å². The first-order valence-electron chi connectivity index (χ1n) is 11.9. The summed E-state index contributed by atoms with van der Waals surface area (Å²) in [6, 6.07) is 6.94. The molecular weight excluding hydrogens is 486 g/mol. The van der Waals surface area contributed by atoms with Crippen molar-refractivity contribution >= 4 is 23.7 Å². The maximum atomic E-state index is 12.7. The minimum atomic E-state index is -0.338. The molecule has 1 saturated heterocycles. The number of carbonyl (C=O) groups is 2. The molecule has 2 unspecified atom stereocenters. The highest BCUT2D eigenvalue weighted by Gasteiger charge is 2.26. The zero-order valence-corrected chi connectivity index (χ0v) is 21.8. The molecule has 3 N–H and O–H groups in total. The second kappa shape index (κ2) is 17.9. The summed E-state index contributed by atoms with van der Waals surface area (Å²) in [5.41, 5.74) is 0.902. The maximum Gasteiger partial charge on any atom is 0.315 e. The van der Waals surface area contributed by atoms with Gasteiger partial charge in [-0.05, 0) is 17.7 Å². The van der Waals surface area contributed by atoms with E-state index in [2.05, 4.69) is 21.9 Å². The van der Waals surface area contributed by atoms with Gasteiger partial charge in [-0.3, -0.25) is 4.79 Å². The smallest absolute Gasteiger partial charge is 0.315 e. The van der Waals surface area contributed by atoms with E-state index in [1.54, 1.807) is 7.11 Å². The standard InChI is InChI=1S/C25H37N3O7S/c1-4-9-32-10-11-33-12-13-34-14-15-35-17-22(20-5-7-21(31-3)8-6-20)27-23(29)18-36-24-19(2)16-26-25(30)28-24/h1,5-8,19,22,24H,9-18H2,2-3H3,(H,27,29)(H2,26,28,30)/t19?,22-,24?/m1/s1. The van der Waals surface area contributed by atoms with Crippen LogP contribution in [0.4, 0.5) is 4.79 Å². The predicted octanol–water partition coefficient (Wildman–Crippen LogP) is 1.56. The zero-order valence-electron chi connectivity index (χ0n) is 21.0. The fraction of sp³-hybridized carbons (Fsp3) is 0.600. The van der Waals surface area contributed by atoms with E-state index in [0.717, 1.165) is 11.3 Å². The van der Waals surface area contributed by atoms with E-state index in [1.165, 1.54) is 11.8 Å². The minimum absolute atomic E-state index is 0.114.